The normalized spacial score (nSPS) is 16.4. The number of amides is 3. The van der Waals surface area contributed by atoms with Crippen molar-refractivity contribution in [2.24, 2.45) is 5.92 Å². The molecule has 1 aliphatic heterocycles. The number of ketones is 1. The first-order valence-electron chi connectivity index (χ1n) is 7.98. The van der Waals surface area contributed by atoms with E-state index in [9.17, 15) is 19.2 Å². The second-order valence-corrected chi connectivity index (χ2v) is 5.64. The van der Waals surface area contributed by atoms with Crippen LogP contribution in [0.5, 0.6) is 11.5 Å². The van der Waals surface area contributed by atoms with Crippen molar-refractivity contribution < 1.29 is 28.7 Å². The third kappa shape index (κ3) is 3.12. The van der Waals surface area contributed by atoms with Crippen LogP contribution in [0.4, 0.5) is 11.4 Å². The summed E-state index contributed by atoms with van der Waals surface area (Å²) >= 11 is 0. The number of ether oxygens (including phenoxy) is 2. The van der Waals surface area contributed by atoms with Gasteiger partial charge in [-0.3, -0.25) is 19.2 Å². The average molecular weight is 368 g/mol. The Labute approximate surface area is 154 Å². The Morgan fingerprint density at radius 3 is 2.19 bits per heavy atom. The smallest absolute Gasteiger partial charge is 0.302 e. The predicted octanol–water partition coefficient (Wildman–Crippen LogP) is 1.40. The van der Waals surface area contributed by atoms with Gasteiger partial charge in [0.05, 0.1) is 25.6 Å². The first-order valence-corrected chi connectivity index (χ1v) is 7.98. The van der Waals surface area contributed by atoms with E-state index >= 15 is 0 Å². The van der Waals surface area contributed by atoms with Crippen LogP contribution in [0, 0.1) is 5.92 Å². The number of rotatable bonds is 5. The zero-order valence-electron chi connectivity index (χ0n) is 14.6. The van der Waals surface area contributed by atoms with Crippen molar-refractivity contribution in [2.75, 3.05) is 24.4 Å². The van der Waals surface area contributed by atoms with Crippen LogP contribution in [0.1, 0.15) is 0 Å². The van der Waals surface area contributed by atoms with Crippen LogP contribution in [-0.4, -0.2) is 37.7 Å². The fraction of sp³-hybridized carbons (Fsp3) is 0.158. The lowest BCUT2D eigenvalue weighted by molar-refractivity contribution is -0.139. The molecule has 0 radical (unpaired) electrons. The maximum atomic E-state index is 12.7. The molecule has 138 valence electrons. The van der Waals surface area contributed by atoms with Crippen LogP contribution in [-0.2, 0) is 19.2 Å². The number of imide groups is 1. The molecule has 1 heterocycles. The summed E-state index contributed by atoms with van der Waals surface area (Å²) in [6.07, 6.45) is 0. The minimum atomic E-state index is -1.77. The molecule has 1 saturated heterocycles. The van der Waals surface area contributed by atoms with Gasteiger partial charge in [-0.1, -0.05) is 24.3 Å². The van der Waals surface area contributed by atoms with Crippen LogP contribution < -0.4 is 19.7 Å². The van der Waals surface area contributed by atoms with Gasteiger partial charge in [0.25, 0.3) is 5.91 Å². The van der Waals surface area contributed by atoms with Gasteiger partial charge in [0.15, 0.2) is 5.92 Å². The van der Waals surface area contributed by atoms with E-state index < -0.39 is 29.4 Å². The third-order valence-corrected chi connectivity index (χ3v) is 4.10. The molecule has 3 rings (SSSR count). The van der Waals surface area contributed by atoms with Gasteiger partial charge in [0.1, 0.15) is 11.5 Å². The van der Waals surface area contributed by atoms with Crippen LogP contribution in [0.15, 0.2) is 48.5 Å². The summed E-state index contributed by atoms with van der Waals surface area (Å²) in [6.45, 7) is 0. The Morgan fingerprint density at radius 1 is 0.926 bits per heavy atom. The summed E-state index contributed by atoms with van der Waals surface area (Å²) in [5.74, 6) is -5.19. The van der Waals surface area contributed by atoms with Crippen molar-refractivity contribution in [1.82, 2.24) is 0 Å². The average Bonchev–Trinajstić information content (AvgIpc) is 2.90. The van der Waals surface area contributed by atoms with Gasteiger partial charge in [-0.25, -0.2) is 4.90 Å². The van der Waals surface area contributed by atoms with Gasteiger partial charge in [-0.2, -0.15) is 0 Å². The lowest BCUT2D eigenvalue weighted by Gasteiger charge is -2.17. The Kier molecular flexibility index (Phi) is 4.89. The van der Waals surface area contributed by atoms with Gasteiger partial charge >= 0.3 is 5.91 Å². The lowest BCUT2D eigenvalue weighted by Crippen LogP contribution is -2.35. The van der Waals surface area contributed by atoms with Crippen LogP contribution in [0.3, 0.4) is 0 Å². The van der Waals surface area contributed by atoms with Crippen molar-refractivity contribution >= 4 is 34.9 Å². The number of hydrogen-bond acceptors (Lipinski definition) is 6. The quantitative estimate of drug-likeness (QED) is 0.486. The number of Topliss-reactive ketones (excluding diaryl/α,β-unsaturated/α-hetero) is 1. The summed E-state index contributed by atoms with van der Waals surface area (Å²) in [4.78, 5) is 50.7. The zero-order chi connectivity index (χ0) is 19.6. The van der Waals surface area contributed by atoms with Crippen LogP contribution in [0.2, 0.25) is 0 Å². The second-order valence-electron chi connectivity index (χ2n) is 5.64. The molecule has 27 heavy (non-hydrogen) atoms. The monoisotopic (exact) mass is 368 g/mol. The Morgan fingerprint density at radius 2 is 1.52 bits per heavy atom. The van der Waals surface area contributed by atoms with E-state index in [2.05, 4.69) is 5.32 Å². The Bertz CT molecular complexity index is 939. The van der Waals surface area contributed by atoms with Gasteiger partial charge in [0.2, 0.25) is 11.7 Å². The van der Waals surface area contributed by atoms with E-state index in [0.717, 1.165) is 0 Å². The molecule has 2 aromatic rings. The number of para-hydroxylation sites is 4. The number of nitrogens with one attached hydrogen (secondary N) is 1. The Balaban J connectivity index is 1.91. The van der Waals surface area contributed by atoms with Crippen molar-refractivity contribution in [3.05, 3.63) is 48.5 Å². The second kappa shape index (κ2) is 7.28. The van der Waals surface area contributed by atoms with Crippen LogP contribution >= 0.6 is 0 Å². The largest absolute Gasteiger partial charge is 0.495 e. The van der Waals surface area contributed by atoms with E-state index in [1.165, 1.54) is 20.3 Å². The standard InChI is InChI=1S/C19H16N2O6/c1-26-13-9-5-3-7-11(13)20-17(23)15-16(22)19(25)21(18(15)24)12-8-4-6-10-14(12)27-2/h3-10,15H,1-2H3,(H,20,23). The van der Waals surface area contributed by atoms with E-state index in [4.69, 9.17) is 9.47 Å². The lowest BCUT2D eigenvalue weighted by atomic mass is 10.1. The maximum absolute atomic E-state index is 12.7. The zero-order valence-corrected chi connectivity index (χ0v) is 14.6. The van der Waals surface area contributed by atoms with Gasteiger partial charge in [-0.15, -0.1) is 0 Å². The number of nitrogens with zero attached hydrogens (tertiary/aromatic N) is 1. The fourth-order valence-electron chi connectivity index (χ4n) is 2.80. The Hall–Kier alpha value is -3.68. The van der Waals surface area contributed by atoms with Crippen molar-refractivity contribution in [3.8, 4) is 11.5 Å². The molecule has 0 saturated carbocycles. The van der Waals surface area contributed by atoms with E-state index in [-0.39, 0.29) is 17.1 Å². The highest BCUT2D eigenvalue weighted by molar-refractivity contribution is 6.60. The molecule has 1 aliphatic rings. The van der Waals surface area contributed by atoms with Crippen molar-refractivity contribution in [1.29, 1.82) is 0 Å². The number of carbonyl (C=O) groups is 4. The summed E-state index contributed by atoms with van der Waals surface area (Å²) < 4.78 is 10.3. The van der Waals surface area contributed by atoms with Crippen molar-refractivity contribution in [2.45, 2.75) is 0 Å². The molecule has 0 bridgehead atoms. The highest BCUT2D eigenvalue weighted by atomic mass is 16.5. The molecule has 1 atom stereocenters. The number of hydrogen-bond donors (Lipinski definition) is 1. The molecule has 0 aromatic heterocycles. The predicted molar refractivity (Wildman–Crippen MR) is 95.6 cm³/mol. The highest BCUT2D eigenvalue weighted by Crippen LogP contribution is 2.33. The molecule has 0 aliphatic carbocycles. The minimum Gasteiger partial charge on any atom is -0.495 e. The molecule has 1 fully saturated rings. The number of benzene rings is 2. The summed E-state index contributed by atoms with van der Waals surface area (Å²) in [5, 5.41) is 2.47. The molecular formula is C19H16N2O6. The minimum absolute atomic E-state index is 0.107. The third-order valence-electron chi connectivity index (χ3n) is 4.10. The molecule has 1 unspecified atom stereocenters. The number of anilines is 2. The highest BCUT2D eigenvalue weighted by Gasteiger charge is 2.52. The van der Waals surface area contributed by atoms with Gasteiger partial charge in [-0.05, 0) is 24.3 Å². The molecular weight excluding hydrogens is 352 g/mol. The topological polar surface area (TPSA) is 102 Å². The SMILES string of the molecule is COc1ccccc1NC(=O)C1C(=O)C(=O)N(c2ccccc2OC)C1=O. The number of methoxy groups -OCH3 is 2. The first-order chi connectivity index (χ1) is 13.0. The number of carbonyl (C=O) groups excluding carboxylic acids is 4. The van der Waals surface area contributed by atoms with E-state index in [0.29, 0.717) is 10.6 Å². The first kappa shape index (κ1) is 18.1. The van der Waals surface area contributed by atoms with Gasteiger partial charge in [0, 0.05) is 0 Å². The maximum Gasteiger partial charge on any atom is 0.302 e. The summed E-state index contributed by atoms with van der Waals surface area (Å²) in [6, 6.07) is 12.8. The van der Waals surface area contributed by atoms with E-state index in [1.807, 2.05) is 0 Å². The van der Waals surface area contributed by atoms with Gasteiger partial charge < -0.3 is 14.8 Å². The van der Waals surface area contributed by atoms with Crippen LogP contribution in [0.25, 0.3) is 0 Å². The summed E-state index contributed by atoms with van der Waals surface area (Å²) in [5.41, 5.74) is 0.393. The molecule has 1 N–H and O–H groups in total. The molecule has 3 amide bonds. The summed E-state index contributed by atoms with van der Waals surface area (Å²) in [7, 11) is 2.79. The molecule has 0 spiro atoms. The van der Waals surface area contributed by atoms with Crippen molar-refractivity contribution in [3.63, 3.8) is 0 Å². The van der Waals surface area contributed by atoms with E-state index in [1.54, 1.807) is 42.5 Å². The molecule has 8 heteroatoms. The molecule has 8 nitrogen and oxygen atoms in total. The fourth-order valence-corrected chi connectivity index (χ4v) is 2.80. The molecule has 2 aromatic carbocycles.